The van der Waals surface area contributed by atoms with Crippen molar-refractivity contribution in [2.24, 2.45) is 0 Å². The van der Waals surface area contributed by atoms with E-state index in [9.17, 15) is 4.79 Å². The molecule has 2 amide bonds. The van der Waals surface area contributed by atoms with Crippen LogP contribution in [0.2, 0.25) is 0 Å². The van der Waals surface area contributed by atoms with Crippen molar-refractivity contribution >= 4 is 29.2 Å². The first-order chi connectivity index (χ1) is 12.3. The zero-order chi connectivity index (χ0) is 19.1. The van der Waals surface area contributed by atoms with Crippen LogP contribution in [0.3, 0.4) is 0 Å². The molecule has 0 bridgehead atoms. The monoisotopic (exact) mass is 408 g/mol. The molecule has 2 aliphatic rings. The number of hydrogen-bond donors (Lipinski definition) is 5. The SMILES string of the molecule is CC1CC(NCCCN(C)C)NC(NC(=O)NC2CCC(Cl)C(Cl)C2)N1. The Morgan fingerprint density at radius 2 is 1.88 bits per heavy atom. The molecule has 152 valence electrons. The summed E-state index contributed by atoms with van der Waals surface area (Å²) >= 11 is 12.4. The number of urea groups is 1. The molecule has 0 aromatic heterocycles. The molecule has 7 nitrogen and oxygen atoms in total. The zero-order valence-corrected chi connectivity index (χ0v) is 17.5. The van der Waals surface area contributed by atoms with Crippen LogP contribution in [0.5, 0.6) is 0 Å². The second-order valence-electron chi connectivity index (χ2n) is 7.73. The lowest BCUT2D eigenvalue weighted by molar-refractivity contribution is 0.184. The summed E-state index contributed by atoms with van der Waals surface area (Å²) < 4.78 is 0. The predicted octanol–water partition coefficient (Wildman–Crippen LogP) is 1.18. The first-order valence-electron chi connectivity index (χ1n) is 9.59. The van der Waals surface area contributed by atoms with Gasteiger partial charge >= 0.3 is 6.03 Å². The van der Waals surface area contributed by atoms with Gasteiger partial charge in [-0.15, -0.1) is 23.2 Å². The highest BCUT2D eigenvalue weighted by atomic mass is 35.5. The Balaban J connectivity index is 1.70. The highest BCUT2D eigenvalue weighted by Gasteiger charge is 2.30. The van der Waals surface area contributed by atoms with Crippen LogP contribution in [0.4, 0.5) is 4.79 Å². The molecule has 0 aromatic carbocycles. The van der Waals surface area contributed by atoms with Crippen molar-refractivity contribution < 1.29 is 4.79 Å². The van der Waals surface area contributed by atoms with Crippen LogP contribution in [0.25, 0.3) is 0 Å². The van der Waals surface area contributed by atoms with Crippen LogP contribution >= 0.6 is 23.2 Å². The van der Waals surface area contributed by atoms with Gasteiger partial charge in [-0.05, 0) is 66.2 Å². The van der Waals surface area contributed by atoms with Crippen molar-refractivity contribution in [1.82, 2.24) is 31.5 Å². The van der Waals surface area contributed by atoms with Gasteiger partial charge in [0.2, 0.25) is 0 Å². The van der Waals surface area contributed by atoms with Crippen LogP contribution in [0, 0.1) is 0 Å². The van der Waals surface area contributed by atoms with Crippen LogP contribution in [-0.4, -0.2) is 73.4 Å². The van der Waals surface area contributed by atoms with Gasteiger partial charge in [0, 0.05) is 12.1 Å². The fourth-order valence-electron chi connectivity index (χ4n) is 3.49. The zero-order valence-electron chi connectivity index (χ0n) is 16.0. The van der Waals surface area contributed by atoms with Crippen molar-refractivity contribution in [2.45, 2.75) is 74.3 Å². The van der Waals surface area contributed by atoms with Gasteiger partial charge in [0.05, 0.1) is 16.9 Å². The van der Waals surface area contributed by atoms with Gasteiger partial charge < -0.3 is 20.9 Å². The molecular weight excluding hydrogens is 375 g/mol. The van der Waals surface area contributed by atoms with Crippen molar-refractivity contribution in [3.05, 3.63) is 0 Å². The maximum atomic E-state index is 12.3. The fourth-order valence-corrected chi connectivity index (χ4v) is 4.06. The molecule has 6 atom stereocenters. The lowest BCUT2D eigenvalue weighted by Gasteiger charge is -2.37. The summed E-state index contributed by atoms with van der Waals surface area (Å²) in [6, 6.07) is 0.206. The van der Waals surface area contributed by atoms with Gasteiger partial charge in [-0.25, -0.2) is 4.79 Å². The smallest absolute Gasteiger partial charge is 0.317 e. The number of carbonyl (C=O) groups is 1. The van der Waals surface area contributed by atoms with Gasteiger partial charge in [-0.2, -0.15) is 0 Å². The molecule has 2 rings (SSSR count). The van der Waals surface area contributed by atoms with Crippen molar-refractivity contribution in [1.29, 1.82) is 0 Å². The van der Waals surface area contributed by atoms with E-state index in [0.29, 0.717) is 12.5 Å². The Hall–Kier alpha value is -0.310. The summed E-state index contributed by atoms with van der Waals surface area (Å²) in [5, 5.41) is 16.2. The van der Waals surface area contributed by atoms with Gasteiger partial charge in [0.15, 0.2) is 0 Å². The molecule has 1 heterocycles. The van der Waals surface area contributed by atoms with Crippen LogP contribution in [-0.2, 0) is 0 Å². The molecule has 1 saturated carbocycles. The third-order valence-electron chi connectivity index (χ3n) is 4.88. The minimum atomic E-state index is -0.263. The van der Waals surface area contributed by atoms with E-state index in [4.69, 9.17) is 23.2 Å². The number of alkyl halides is 2. The molecule has 0 radical (unpaired) electrons. The van der Waals surface area contributed by atoms with Crippen molar-refractivity contribution in [3.8, 4) is 0 Å². The van der Waals surface area contributed by atoms with Crippen LogP contribution in [0.1, 0.15) is 39.0 Å². The molecule has 5 N–H and O–H groups in total. The minimum Gasteiger partial charge on any atom is -0.335 e. The van der Waals surface area contributed by atoms with E-state index in [0.717, 1.165) is 38.8 Å². The number of carbonyl (C=O) groups excluding carboxylic acids is 1. The average Bonchev–Trinajstić information content (AvgIpc) is 2.54. The Morgan fingerprint density at radius 3 is 2.58 bits per heavy atom. The number of hydrogen-bond acceptors (Lipinski definition) is 5. The molecule has 0 spiro atoms. The topological polar surface area (TPSA) is 80.5 Å². The Morgan fingerprint density at radius 1 is 1.12 bits per heavy atom. The predicted molar refractivity (Wildman–Crippen MR) is 108 cm³/mol. The quantitative estimate of drug-likeness (QED) is 0.322. The Labute approximate surface area is 167 Å². The summed E-state index contributed by atoms with van der Waals surface area (Å²) in [7, 11) is 4.16. The number of nitrogens with zero attached hydrogens (tertiary/aromatic N) is 1. The van der Waals surface area contributed by atoms with E-state index in [1.54, 1.807) is 0 Å². The van der Waals surface area contributed by atoms with Crippen LogP contribution < -0.4 is 26.6 Å². The fraction of sp³-hybridized carbons (Fsp3) is 0.941. The standard InChI is InChI=1S/C17H34Cl2N6O/c1-11-9-15(20-7-4-8-25(2)3)23-16(21-11)24-17(26)22-12-5-6-13(18)14(19)10-12/h11-16,20-21,23H,4-10H2,1-3H3,(H2,22,24,26). The maximum absolute atomic E-state index is 12.3. The van der Waals surface area contributed by atoms with E-state index < -0.39 is 0 Å². The molecule has 1 saturated heterocycles. The summed E-state index contributed by atoms with van der Waals surface area (Å²) in [5.74, 6) is 0. The van der Waals surface area contributed by atoms with Gasteiger partial charge in [-0.3, -0.25) is 10.6 Å². The van der Waals surface area contributed by atoms with E-state index >= 15 is 0 Å². The minimum absolute atomic E-state index is 0.000339. The normalized spacial score (nSPS) is 35.3. The second-order valence-corrected chi connectivity index (χ2v) is 8.85. The molecule has 6 unspecified atom stereocenters. The van der Waals surface area contributed by atoms with Gasteiger partial charge in [-0.1, -0.05) is 0 Å². The van der Waals surface area contributed by atoms with E-state index in [1.165, 1.54) is 0 Å². The third-order valence-corrected chi connectivity index (χ3v) is 6.02. The highest BCUT2D eigenvalue weighted by molar-refractivity contribution is 6.30. The van der Waals surface area contributed by atoms with Crippen LogP contribution in [0.15, 0.2) is 0 Å². The number of amides is 2. The number of halogens is 2. The highest BCUT2D eigenvalue weighted by Crippen LogP contribution is 2.27. The molecule has 9 heteroatoms. The van der Waals surface area contributed by atoms with E-state index in [-0.39, 0.29) is 35.3 Å². The molecule has 0 aromatic rings. The first-order valence-corrected chi connectivity index (χ1v) is 10.5. The first kappa shape index (κ1) is 22.0. The lowest BCUT2D eigenvalue weighted by atomic mass is 9.95. The lowest BCUT2D eigenvalue weighted by Crippen LogP contribution is -2.68. The largest absolute Gasteiger partial charge is 0.335 e. The summed E-state index contributed by atoms with van der Waals surface area (Å²) in [6.07, 6.45) is 4.38. The summed E-state index contributed by atoms with van der Waals surface area (Å²) in [6.45, 7) is 4.13. The molecular formula is C17H34Cl2N6O. The van der Waals surface area contributed by atoms with Gasteiger partial charge in [0.25, 0.3) is 0 Å². The summed E-state index contributed by atoms with van der Waals surface area (Å²) in [5.41, 5.74) is 0. The Bertz CT molecular complexity index is 441. The van der Waals surface area contributed by atoms with E-state index in [2.05, 4.69) is 52.5 Å². The van der Waals surface area contributed by atoms with E-state index in [1.807, 2.05) is 0 Å². The number of nitrogens with one attached hydrogen (secondary N) is 5. The average molecular weight is 409 g/mol. The maximum Gasteiger partial charge on any atom is 0.317 e. The number of rotatable bonds is 7. The second kappa shape index (κ2) is 10.9. The van der Waals surface area contributed by atoms with Crippen molar-refractivity contribution in [2.75, 3.05) is 27.2 Å². The molecule has 2 fully saturated rings. The molecule has 1 aliphatic heterocycles. The summed E-state index contributed by atoms with van der Waals surface area (Å²) in [4.78, 5) is 14.5. The molecule has 1 aliphatic carbocycles. The van der Waals surface area contributed by atoms with Gasteiger partial charge in [0.1, 0.15) is 6.29 Å². The van der Waals surface area contributed by atoms with Crippen molar-refractivity contribution in [3.63, 3.8) is 0 Å². The third kappa shape index (κ3) is 7.74. The molecule has 26 heavy (non-hydrogen) atoms. The Kier molecular flexibility index (Phi) is 9.20.